The average Bonchev–Trinajstić information content (AvgIpc) is 3.20. The van der Waals surface area contributed by atoms with E-state index in [0.717, 1.165) is 43.8 Å². The van der Waals surface area contributed by atoms with E-state index in [1.54, 1.807) is 7.11 Å². The Hall–Kier alpha value is -1.84. The smallest absolute Gasteiger partial charge is 0.118 e. The van der Waals surface area contributed by atoms with Crippen molar-refractivity contribution < 1.29 is 9.84 Å². The molecule has 0 radical (unpaired) electrons. The number of ether oxygens (including phenoxy) is 1. The lowest BCUT2D eigenvalue weighted by molar-refractivity contribution is -0.0117. The highest BCUT2D eigenvalue weighted by Crippen LogP contribution is 2.42. The second kappa shape index (κ2) is 8.70. The van der Waals surface area contributed by atoms with Gasteiger partial charge in [0.1, 0.15) is 5.75 Å². The lowest BCUT2D eigenvalue weighted by Gasteiger charge is -2.39. The van der Waals surface area contributed by atoms with Crippen LogP contribution in [-0.2, 0) is 5.60 Å². The van der Waals surface area contributed by atoms with Crippen molar-refractivity contribution in [2.24, 2.45) is 0 Å². The molecule has 3 rings (SSSR count). The third kappa shape index (κ3) is 4.11. The van der Waals surface area contributed by atoms with E-state index in [-0.39, 0.29) is 5.92 Å². The molecule has 0 amide bonds. The molecule has 140 valence electrons. The summed E-state index contributed by atoms with van der Waals surface area (Å²) in [5, 5.41) is 12.0. The number of benzene rings is 2. The van der Waals surface area contributed by atoms with E-state index in [2.05, 4.69) is 36.1 Å². The highest BCUT2D eigenvalue weighted by Gasteiger charge is 2.39. The van der Waals surface area contributed by atoms with Crippen molar-refractivity contribution in [2.45, 2.75) is 44.1 Å². The zero-order valence-electron chi connectivity index (χ0n) is 16.0. The summed E-state index contributed by atoms with van der Waals surface area (Å²) in [5.74, 6) is 0.874. The van der Waals surface area contributed by atoms with Gasteiger partial charge in [-0.3, -0.25) is 0 Å². The van der Waals surface area contributed by atoms with Gasteiger partial charge in [-0.25, -0.2) is 0 Å². The van der Waals surface area contributed by atoms with Crippen LogP contribution in [0.5, 0.6) is 5.75 Å². The fourth-order valence-corrected chi connectivity index (χ4v) is 4.22. The second-order valence-electron chi connectivity index (χ2n) is 7.37. The molecular formula is C23H31NO2. The summed E-state index contributed by atoms with van der Waals surface area (Å²) in [6.07, 6.45) is 4.20. The number of nitrogens with zero attached hydrogens (tertiary/aromatic N) is 1. The Morgan fingerprint density at radius 2 is 1.69 bits per heavy atom. The molecule has 0 bridgehead atoms. The number of aliphatic hydroxyl groups is 1. The maximum atomic E-state index is 12.0. The Labute approximate surface area is 157 Å². The molecule has 1 saturated heterocycles. The first kappa shape index (κ1) is 18.9. The molecule has 1 fully saturated rings. The van der Waals surface area contributed by atoms with Gasteiger partial charge in [0, 0.05) is 12.5 Å². The highest BCUT2D eigenvalue weighted by molar-refractivity contribution is 5.35. The zero-order chi connectivity index (χ0) is 18.4. The Balaban J connectivity index is 1.99. The van der Waals surface area contributed by atoms with Gasteiger partial charge in [-0.05, 0) is 55.6 Å². The number of likely N-dealkylation sites (tertiary alicyclic amines) is 1. The number of rotatable bonds is 8. The van der Waals surface area contributed by atoms with E-state index < -0.39 is 5.60 Å². The molecule has 1 N–H and O–H groups in total. The third-order valence-electron chi connectivity index (χ3n) is 5.64. The average molecular weight is 354 g/mol. The fourth-order valence-electron chi connectivity index (χ4n) is 4.22. The lowest BCUT2D eigenvalue weighted by Crippen LogP contribution is -2.40. The minimum atomic E-state index is -0.884. The van der Waals surface area contributed by atoms with Gasteiger partial charge >= 0.3 is 0 Å². The summed E-state index contributed by atoms with van der Waals surface area (Å²) in [6, 6.07) is 18.5. The third-order valence-corrected chi connectivity index (χ3v) is 5.64. The van der Waals surface area contributed by atoms with Gasteiger partial charge in [0.25, 0.3) is 0 Å². The van der Waals surface area contributed by atoms with Gasteiger partial charge in [0.15, 0.2) is 0 Å². The number of hydrogen-bond acceptors (Lipinski definition) is 3. The monoisotopic (exact) mass is 353 g/mol. The number of hydrogen-bond donors (Lipinski definition) is 1. The Morgan fingerprint density at radius 1 is 1.04 bits per heavy atom. The van der Waals surface area contributed by atoms with E-state index in [0.29, 0.717) is 0 Å². The van der Waals surface area contributed by atoms with Crippen molar-refractivity contribution in [1.82, 2.24) is 4.90 Å². The molecule has 1 heterocycles. The zero-order valence-corrected chi connectivity index (χ0v) is 16.0. The van der Waals surface area contributed by atoms with Gasteiger partial charge < -0.3 is 14.7 Å². The van der Waals surface area contributed by atoms with Crippen LogP contribution in [0.25, 0.3) is 0 Å². The predicted molar refractivity (Wildman–Crippen MR) is 107 cm³/mol. The van der Waals surface area contributed by atoms with Crippen molar-refractivity contribution in [3.05, 3.63) is 65.7 Å². The molecule has 1 aliphatic rings. The van der Waals surface area contributed by atoms with Crippen molar-refractivity contribution >= 4 is 0 Å². The molecule has 2 atom stereocenters. The van der Waals surface area contributed by atoms with Gasteiger partial charge in [0.2, 0.25) is 0 Å². The normalized spacial score (nSPS) is 18.4. The molecule has 0 spiro atoms. The molecule has 0 saturated carbocycles. The summed E-state index contributed by atoms with van der Waals surface area (Å²) < 4.78 is 5.30. The predicted octanol–water partition coefficient (Wildman–Crippen LogP) is 4.56. The second-order valence-corrected chi connectivity index (χ2v) is 7.37. The molecule has 2 aromatic carbocycles. The molecular weight excluding hydrogens is 322 g/mol. The largest absolute Gasteiger partial charge is 0.497 e. The van der Waals surface area contributed by atoms with Gasteiger partial charge in [-0.15, -0.1) is 0 Å². The molecule has 3 nitrogen and oxygen atoms in total. The van der Waals surface area contributed by atoms with Crippen molar-refractivity contribution in [3.63, 3.8) is 0 Å². The summed E-state index contributed by atoms with van der Waals surface area (Å²) >= 11 is 0. The summed E-state index contributed by atoms with van der Waals surface area (Å²) in [6.45, 7) is 5.31. The first-order chi connectivity index (χ1) is 12.7. The first-order valence-corrected chi connectivity index (χ1v) is 9.81. The first-order valence-electron chi connectivity index (χ1n) is 9.81. The van der Waals surface area contributed by atoms with Gasteiger partial charge in [-0.1, -0.05) is 55.8 Å². The van der Waals surface area contributed by atoms with E-state index in [1.807, 2.05) is 30.3 Å². The Bertz CT molecular complexity index is 664. The van der Waals surface area contributed by atoms with Crippen LogP contribution in [0.15, 0.2) is 54.6 Å². The van der Waals surface area contributed by atoms with Crippen LogP contribution in [-0.4, -0.2) is 36.8 Å². The maximum Gasteiger partial charge on any atom is 0.118 e. The summed E-state index contributed by atoms with van der Waals surface area (Å²) in [5.41, 5.74) is 1.31. The van der Waals surface area contributed by atoms with Crippen LogP contribution in [0, 0.1) is 0 Å². The summed E-state index contributed by atoms with van der Waals surface area (Å²) in [4.78, 5) is 2.50. The van der Waals surface area contributed by atoms with Crippen LogP contribution in [0.2, 0.25) is 0 Å². The van der Waals surface area contributed by atoms with Gasteiger partial charge in [-0.2, -0.15) is 0 Å². The van der Waals surface area contributed by atoms with Crippen molar-refractivity contribution in [2.75, 3.05) is 26.7 Å². The van der Waals surface area contributed by atoms with E-state index >= 15 is 0 Å². The Morgan fingerprint density at radius 3 is 2.27 bits per heavy atom. The highest BCUT2D eigenvalue weighted by atomic mass is 16.5. The minimum Gasteiger partial charge on any atom is -0.497 e. The minimum absolute atomic E-state index is 0.0511. The van der Waals surface area contributed by atoms with Crippen molar-refractivity contribution in [3.8, 4) is 5.75 Å². The van der Waals surface area contributed by atoms with E-state index in [4.69, 9.17) is 4.74 Å². The molecule has 0 unspecified atom stereocenters. The Kier molecular flexibility index (Phi) is 6.33. The van der Waals surface area contributed by atoms with Crippen LogP contribution in [0.1, 0.15) is 49.7 Å². The van der Waals surface area contributed by atoms with E-state index in [9.17, 15) is 5.11 Å². The standard InChI is InChI=1S/C23H31NO2/c1-3-15-23(25,20-11-13-21(26-2)14-12-20)22(18-24-16-7-8-17-24)19-9-5-4-6-10-19/h4-6,9-14,22,25H,3,7-8,15-18H2,1-2H3/t22-,23+/m1/s1. The lowest BCUT2D eigenvalue weighted by atomic mass is 9.74. The van der Waals surface area contributed by atoms with Gasteiger partial charge in [0.05, 0.1) is 12.7 Å². The fraction of sp³-hybridized carbons (Fsp3) is 0.478. The molecule has 0 aliphatic carbocycles. The molecule has 0 aromatic heterocycles. The topological polar surface area (TPSA) is 32.7 Å². The maximum absolute atomic E-state index is 12.0. The molecule has 2 aromatic rings. The summed E-state index contributed by atoms with van der Waals surface area (Å²) in [7, 11) is 1.67. The van der Waals surface area contributed by atoms with Crippen LogP contribution in [0.3, 0.4) is 0 Å². The number of methoxy groups -OCH3 is 1. The molecule has 3 heteroatoms. The van der Waals surface area contributed by atoms with E-state index in [1.165, 1.54) is 18.4 Å². The molecule has 26 heavy (non-hydrogen) atoms. The SMILES string of the molecule is CCC[C@](O)(c1ccc(OC)cc1)[C@H](CN1CCCC1)c1ccccc1. The van der Waals surface area contributed by atoms with Crippen LogP contribution < -0.4 is 4.74 Å². The van der Waals surface area contributed by atoms with Crippen LogP contribution in [0.4, 0.5) is 0 Å². The van der Waals surface area contributed by atoms with Crippen LogP contribution >= 0.6 is 0 Å². The molecule has 1 aliphatic heterocycles. The quantitative estimate of drug-likeness (QED) is 0.755. The van der Waals surface area contributed by atoms with Crippen molar-refractivity contribution in [1.29, 1.82) is 0 Å².